The standard InChI is InChI=1S/C12H14N2O5S/c1-2-13-5-9(4-10(13)15)12(16)19-6-8-3-11(14(17)18)20-7-8/h3,7,9H,2,4-6H2,1H3/t9-/m0/s1. The second-order valence-corrected chi connectivity index (χ2v) is 5.38. The SMILES string of the molecule is CCN1C[C@@H](C(=O)OCc2csc([N+](=O)[O-])c2)CC1=O. The fourth-order valence-electron chi connectivity index (χ4n) is 2.04. The number of nitro groups is 1. The van der Waals surface area contributed by atoms with E-state index in [-0.39, 0.29) is 23.9 Å². The summed E-state index contributed by atoms with van der Waals surface area (Å²) in [6, 6.07) is 1.39. The number of hydrogen-bond donors (Lipinski definition) is 0. The Bertz CT molecular complexity index is 542. The van der Waals surface area contributed by atoms with E-state index in [9.17, 15) is 19.7 Å². The summed E-state index contributed by atoms with van der Waals surface area (Å²) in [7, 11) is 0. The lowest BCUT2D eigenvalue weighted by Crippen LogP contribution is -2.26. The van der Waals surface area contributed by atoms with Crippen molar-refractivity contribution in [2.24, 2.45) is 5.92 Å². The molecule has 0 aromatic carbocycles. The van der Waals surface area contributed by atoms with E-state index in [1.165, 1.54) is 6.07 Å². The average molecular weight is 298 g/mol. The van der Waals surface area contributed by atoms with Gasteiger partial charge in [0.1, 0.15) is 6.61 Å². The zero-order valence-electron chi connectivity index (χ0n) is 10.9. The van der Waals surface area contributed by atoms with Gasteiger partial charge in [0.15, 0.2) is 0 Å². The molecule has 1 aromatic heterocycles. The molecule has 1 saturated heterocycles. The largest absolute Gasteiger partial charge is 0.461 e. The molecular weight excluding hydrogens is 284 g/mol. The zero-order chi connectivity index (χ0) is 14.7. The lowest BCUT2D eigenvalue weighted by molar-refractivity contribution is -0.380. The van der Waals surface area contributed by atoms with Crippen molar-refractivity contribution in [3.05, 3.63) is 27.1 Å². The first-order valence-corrected chi connectivity index (χ1v) is 7.05. The van der Waals surface area contributed by atoms with Gasteiger partial charge in [-0.3, -0.25) is 19.7 Å². The summed E-state index contributed by atoms with van der Waals surface area (Å²) >= 11 is 0.993. The van der Waals surface area contributed by atoms with Gasteiger partial charge < -0.3 is 9.64 Å². The van der Waals surface area contributed by atoms with Crippen molar-refractivity contribution in [2.45, 2.75) is 20.0 Å². The number of hydrogen-bond acceptors (Lipinski definition) is 6. The summed E-state index contributed by atoms with van der Waals surface area (Å²) in [6.45, 7) is 2.83. The van der Waals surface area contributed by atoms with E-state index in [1.807, 2.05) is 6.92 Å². The highest BCUT2D eigenvalue weighted by Gasteiger charge is 2.34. The molecule has 7 nitrogen and oxygen atoms in total. The van der Waals surface area contributed by atoms with Crippen molar-refractivity contribution >= 4 is 28.2 Å². The second-order valence-electron chi connectivity index (χ2n) is 4.49. The predicted molar refractivity (Wildman–Crippen MR) is 71.1 cm³/mol. The Labute approximate surface area is 119 Å². The minimum absolute atomic E-state index is 0.0000111. The summed E-state index contributed by atoms with van der Waals surface area (Å²) in [5.41, 5.74) is 0.590. The van der Waals surface area contributed by atoms with Gasteiger partial charge in [0.2, 0.25) is 5.91 Å². The molecule has 0 spiro atoms. The van der Waals surface area contributed by atoms with Crippen molar-refractivity contribution < 1.29 is 19.2 Å². The van der Waals surface area contributed by atoms with Crippen molar-refractivity contribution in [1.82, 2.24) is 4.90 Å². The van der Waals surface area contributed by atoms with Gasteiger partial charge in [-0.1, -0.05) is 11.3 Å². The zero-order valence-corrected chi connectivity index (χ0v) is 11.7. The number of carbonyl (C=O) groups is 2. The summed E-state index contributed by atoms with van der Waals surface area (Å²) < 4.78 is 5.11. The molecule has 1 aliphatic heterocycles. The van der Waals surface area contributed by atoms with E-state index in [0.717, 1.165) is 11.3 Å². The third-order valence-corrected chi connectivity index (χ3v) is 4.06. The van der Waals surface area contributed by atoms with Crippen molar-refractivity contribution in [2.75, 3.05) is 13.1 Å². The van der Waals surface area contributed by atoms with Crippen molar-refractivity contribution in [3.8, 4) is 0 Å². The van der Waals surface area contributed by atoms with E-state index in [0.29, 0.717) is 18.7 Å². The smallest absolute Gasteiger partial charge is 0.324 e. The number of nitrogens with zero attached hydrogens (tertiary/aromatic N) is 2. The van der Waals surface area contributed by atoms with E-state index in [1.54, 1.807) is 10.3 Å². The van der Waals surface area contributed by atoms with Crippen LogP contribution in [0.1, 0.15) is 18.9 Å². The average Bonchev–Trinajstić information content (AvgIpc) is 3.02. The quantitative estimate of drug-likeness (QED) is 0.467. The molecule has 20 heavy (non-hydrogen) atoms. The van der Waals surface area contributed by atoms with Gasteiger partial charge in [-0.25, -0.2) is 0 Å². The second kappa shape index (κ2) is 6.00. The first-order valence-electron chi connectivity index (χ1n) is 6.17. The molecule has 8 heteroatoms. The lowest BCUT2D eigenvalue weighted by atomic mass is 10.1. The Balaban J connectivity index is 1.86. The van der Waals surface area contributed by atoms with Crippen LogP contribution < -0.4 is 0 Å². The number of likely N-dealkylation sites (tertiary alicyclic amines) is 1. The van der Waals surface area contributed by atoms with Gasteiger partial charge in [-0.05, 0) is 6.92 Å². The molecule has 0 radical (unpaired) electrons. The van der Waals surface area contributed by atoms with Crippen LogP contribution in [0.3, 0.4) is 0 Å². The first kappa shape index (κ1) is 14.4. The minimum Gasteiger partial charge on any atom is -0.461 e. The molecule has 0 unspecified atom stereocenters. The summed E-state index contributed by atoms with van der Waals surface area (Å²) in [4.78, 5) is 35.0. The van der Waals surface area contributed by atoms with Gasteiger partial charge >= 0.3 is 11.0 Å². The van der Waals surface area contributed by atoms with Crippen LogP contribution in [0.15, 0.2) is 11.4 Å². The molecule has 2 rings (SSSR count). The lowest BCUT2D eigenvalue weighted by Gasteiger charge is -2.12. The fourth-order valence-corrected chi connectivity index (χ4v) is 2.76. The highest BCUT2D eigenvalue weighted by molar-refractivity contribution is 7.13. The molecule has 1 fully saturated rings. The van der Waals surface area contributed by atoms with E-state index < -0.39 is 16.8 Å². The highest BCUT2D eigenvalue weighted by atomic mass is 32.1. The monoisotopic (exact) mass is 298 g/mol. The van der Waals surface area contributed by atoms with Crippen LogP contribution in [0.5, 0.6) is 0 Å². The molecule has 0 saturated carbocycles. The van der Waals surface area contributed by atoms with Gasteiger partial charge in [0.05, 0.1) is 10.8 Å². The fraction of sp³-hybridized carbons (Fsp3) is 0.500. The van der Waals surface area contributed by atoms with E-state index in [4.69, 9.17) is 4.74 Å². The maximum absolute atomic E-state index is 11.8. The Kier molecular flexibility index (Phi) is 4.33. The molecule has 2 heterocycles. The number of rotatable bonds is 5. The Morgan fingerprint density at radius 3 is 2.95 bits per heavy atom. The Morgan fingerprint density at radius 2 is 2.40 bits per heavy atom. The molecular formula is C12H14N2O5S. The number of thiophene rings is 1. The van der Waals surface area contributed by atoms with Crippen LogP contribution in [0, 0.1) is 16.0 Å². The molecule has 1 atom stereocenters. The Hall–Kier alpha value is -1.96. The molecule has 0 N–H and O–H groups in total. The van der Waals surface area contributed by atoms with Gasteiger partial charge in [0.25, 0.3) is 0 Å². The normalized spacial score (nSPS) is 18.4. The highest BCUT2D eigenvalue weighted by Crippen LogP contribution is 2.24. The number of amides is 1. The molecule has 1 aromatic rings. The van der Waals surface area contributed by atoms with Crippen molar-refractivity contribution in [3.63, 3.8) is 0 Å². The summed E-state index contributed by atoms with van der Waals surface area (Å²) in [6.07, 6.45) is 0.177. The number of esters is 1. The third kappa shape index (κ3) is 3.13. The first-order chi connectivity index (χ1) is 9.51. The maximum atomic E-state index is 11.8. The Morgan fingerprint density at radius 1 is 1.65 bits per heavy atom. The van der Waals surface area contributed by atoms with Crippen LogP contribution in [0.4, 0.5) is 5.00 Å². The van der Waals surface area contributed by atoms with Gasteiger partial charge in [0, 0.05) is 36.5 Å². The molecule has 0 bridgehead atoms. The number of ether oxygens (including phenoxy) is 1. The van der Waals surface area contributed by atoms with Crippen LogP contribution in [0.25, 0.3) is 0 Å². The number of carbonyl (C=O) groups excluding carboxylic acids is 2. The van der Waals surface area contributed by atoms with E-state index >= 15 is 0 Å². The van der Waals surface area contributed by atoms with Crippen LogP contribution in [0.2, 0.25) is 0 Å². The minimum atomic E-state index is -0.481. The molecule has 1 aliphatic rings. The van der Waals surface area contributed by atoms with Crippen LogP contribution in [-0.4, -0.2) is 34.8 Å². The van der Waals surface area contributed by atoms with Gasteiger partial charge in [-0.15, -0.1) is 0 Å². The summed E-state index contributed by atoms with van der Waals surface area (Å²) in [5.74, 6) is -0.903. The van der Waals surface area contributed by atoms with Gasteiger partial charge in [-0.2, -0.15) is 0 Å². The maximum Gasteiger partial charge on any atom is 0.324 e. The topological polar surface area (TPSA) is 89.8 Å². The molecule has 1 amide bonds. The van der Waals surface area contributed by atoms with Crippen LogP contribution >= 0.6 is 11.3 Å². The van der Waals surface area contributed by atoms with E-state index in [2.05, 4.69) is 0 Å². The third-order valence-electron chi connectivity index (χ3n) is 3.13. The van der Waals surface area contributed by atoms with Crippen molar-refractivity contribution in [1.29, 1.82) is 0 Å². The van der Waals surface area contributed by atoms with Crippen LogP contribution in [-0.2, 0) is 20.9 Å². The molecule has 0 aliphatic carbocycles. The summed E-state index contributed by atoms with van der Waals surface area (Å²) in [5, 5.41) is 12.1. The molecule has 108 valence electrons. The predicted octanol–water partition coefficient (Wildman–Crippen LogP) is 1.57.